The smallest absolute Gasteiger partial charge is 0.0244 e. The van der Waals surface area contributed by atoms with Crippen molar-refractivity contribution < 1.29 is 0 Å². The molecule has 0 aliphatic rings. The van der Waals surface area contributed by atoms with Crippen molar-refractivity contribution in [2.45, 2.75) is 46.2 Å². The minimum atomic E-state index is 0.179. The van der Waals surface area contributed by atoms with Gasteiger partial charge >= 0.3 is 0 Å². The summed E-state index contributed by atoms with van der Waals surface area (Å²) in [6.45, 7) is 11.2. The maximum atomic E-state index is 2.53. The molecule has 0 atom stereocenters. The first kappa shape index (κ1) is 17.7. The molecule has 3 aromatic rings. The van der Waals surface area contributed by atoms with Crippen molar-refractivity contribution in [3.63, 3.8) is 0 Å². The zero-order valence-corrected chi connectivity index (χ0v) is 15.9. The van der Waals surface area contributed by atoms with Crippen molar-refractivity contribution in [1.29, 1.82) is 0 Å². The van der Waals surface area contributed by atoms with Gasteiger partial charge in [0.2, 0.25) is 0 Å². The van der Waals surface area contributed by atoms with E-state index in [1.807, 2.05) is 0 Å². The number of hydrogen-bond donors (Lipinski definition) is 0. The van der Waals surface area contributed by atoms with Crippen LogP contribution in [0.3, 0.4) is 0 Å². The molecule has 0 fully saturated rings. The first-order valence-electron chi connectivity index (χ1n) is 9.27. The van der Waals surface area contributed by atoms with Crippen LogP contribution in [0.4, 0.5) is 0 Å². The van der Waals surface area contributed by atoms with Crippen LogP contribution in [-0.2, 0) is 13.0 Å². The molecular formula is C24H29N. The first-order valence-corrected chi connectivity index (χ1v) is 9.27. The van der Waals surface area contributed by atoms with Gasteiger partial charge in [0.25, 0.3) is 0 Å². The highest BCUT2D eigenvalue weighted by Gasteiger charge is 2.20. The molecular weight excluding hydrogens is 302 g/mol. The first-order chi connectivity index (χ1) is 12.0. The van der Waals surface area contributed by atoms with E-state index >= 15 is 0 Å². The van der Waals surface area contributed by atoms with Gasteiger partial charge in [-0.1, -0.05) is 73.7 Å². The van der Waals surface area contributed by atoms with Crippen LogP contribution in [0.1, 0.15) is 44.4 Å². The minimum Gasteiger partial charge on any atom is -0.294 e. The minimum absolute atomic E-state index is 0.179. The van der Waals surface area contributed by atoms with Crippen LogP contribution in [-0.4, -0.2) is 17.0 Å². The van der Waals surface area contributed by atoms with E-state index < -0.39 is 0 Å². The molecule has 0 amide bonds. The molecule has 0 radical (unpaired) electrons. The Labute approximate surface area is 152 Å². The van der Waals surface area contributed by atoms with Crippen LogP contribution in [0, 0.1) is 0 Å². The second-order valence-corrected chi connectivity index (χ2v) is 7.78. The van der Waals surface area contributed by atoms with E-state index in [-0.39, 0.29) is 5.54 Å². The van der Waals surface area contributed by atoms with Crippen LogP contribution in [0.5, 0.6) is 0 Å². The Balaban J connectivity index is 1.99. The van der Waals surface area contributed by atoms with Gasteiger partial charge in [-0.3, -0.25) is 4.90 Å². The molecule has 1 nitrogen and oxygen atoms in total. The number of benzene rings is 3. The summed E-state index contributed by atoms with van der Waals surface area (Å²) in [5.74, 6) is 0. The lowest BCUT2D eigenvalue weighted by Gasteiger charge is -2.35. The standard InChI is InChI=1S/C24H29N/c1-5-25(24(2,3)4)18-21-16-15-20(17-19-11-7-6-8-12-19)22-13-9-10-14-23(21)22/h6-16H,5,17-18H2,1-4H3. The van der Waals surface area contributed by atoms with Gasteiger partial charge in [0.05, 0.1) is 0 Å². The Morgan fingerprint density at radius 2 is 1.28 bits per heavy atom. The van der Waals surface area contributed by atoms with E-state index in [0.29, 0.717) is 0 Å². The molecule has 3 aromatic carbocycles. The van der Waals surface area contributed by atoms with Crippen LogP contribution in [0.15, 0.2) is 66.7 Å². The van der Waals surface area contributed by atoms with E-state index in [2.05, 4.69) is 99.3 Å². The van der Waals surface area contributed by atoms with Gasteiger partial charge in [-0.25, -0.2) is 0 Å². The van der Waals surface area contributed by atoms with Crippen molar-refractivity contribution in [3.8, 4) is 0 Å². The van der Waals surface area contributed by atoms with E-state index in [9.17, 15) is 0 Å². The van der Waals surface area contributed by atoms with Gasteiger partial charge in [0.15, 0.2) is 0 Å². The second-order valence-electron chi connectivity index (χ2n) is 7.78. The van der Waals surface area contributed by atoms with Gasteiger partial charge in [0.1, 0.15) is 0 Å². The summed E-state index contributed by atoms with van der Waals surface area (Å²) in [6.07, 6.45) is 0.985. The lowest BCUT2D eigenvalue weighted by atomic mass is 9.94. The third-order valence-corrected chi connectivity index (χ3v) is 5.03. The molecule has 0 saturated carbocycles. The van der Waals surface area contributed by atoms with Crippen LogP contribution in [0.25, 0.3) is 10.8 Å². The topological polar surface area (TPSA) is 3.24 Å². The number of fused-ring (bicyclic) bond motifs is 1. The molecule has 0 heterocycles. The van der Waals surface area contributed by atoms with Crippen LogP contribution >= 0.6 is 0 Å². The van der Waals surface area contributed by atoms with E-state index in [0.717, 1.165) is 19.5 Å². The Morgan fingerprint density at radius 3 is 1.88 bits per heavy atom. The molecule has 0 aliphatic heterocycles. The Hall–Kier alpha value is -2.12. The fourth-order valence-corrected chi connectivity index (χ4v) is 3.56. The van der Waals surface area contributed by atoms with Gasteiger partial charge in [0, 0.05) is 12.1 Å². The highest BCUT2D eigenvalue weighted by molar-refractivity contribution is 5.89. The summed E-state index contributed by atoms with van der Waals surface area (Å²) in [4.78, 5) is 2.53. The average Bonchev–Trinajstić information content (AvgIpc) is 2.61. The van der Waals surface area contributed by atoms with Crippen LogP contribution in [0.2, 0.25) is 0 Å². The second kappa shape index (κ2) is 7.41. The summed E-state index contributed by atoms with van der Waals surface area (Å²) in [5, 5.41) is 2.77. The van der Waals surface area contributed by atoms with Gasteiger partial charge in [-0.05, 0) is 61.2 Å². The molecule has 0 N–H and O–H groups in total. The summed E-state index contributed by atoms with van der Waals surface area (Å²) in [6, 6.07) is 24.2. The van der Waals surface area contributed by atoms with E-state index in [4.69, 9.17) is 0 Å². The molecule has 25 heavy (non-hydrogen) atoms. The summed E-state index contributed by atoms with van der Waals surface area (Å²) >= 11 is 0. The fourth-order valence-electron chi connectivity index (χ4n) is 3.56. The summed E-state index contributed by atoms with van der Waals surface area (Å²) in [5.41, 5.74) is 4.37. The van der Waals surface area contributed by atoms with E-state index in [1.54, 1.807) is 0 Å². The van der Waals surface area contributed by atoms with E-state index in [1.165, 1.54) is 27.5 Å². The molecule has 0 aromatic heterocycles. The molecule has 0 bridgehead atoms. The van der Waals surface area contributed by atoms with Crippen molar-refractivity contribution in [2.24, 2.45) is 0 Å². The number of hydrogen-bond acceptors (Lipinski definition) is 1. The zero-order valence-electron chi connectivity index (χ0n) is 15.9. The molecule has 1 heteroatoms. The molecule has 130 valence electrons. The molecule has 0 unspecified atom stereocenters. The predicted molar refractivity (Wildman–Crippen MR) is 109 cm³/mol. The van der Waals surface area contributed by atoms with Crippen molar-refractivity contribution in [3.05, 3.63) is 83.4 Å². The molecule has 0 saturated heterocycles. The maximum absolute atomic E-state index is 2.53. The third kappa shape index (κ3) is 4.11. The summed E-state index contributed by atoms with van der Waals surface area (Å²) < 4.78 is 0. The Morgan fingerprint density at radius 1 is 0.720 bits per heavy atom. The Bertz CT molecular complexity index is 828. The third-order valence-electron chi connectivity index (χ3n) is 5.03. The maximum Gasteiger partial charge on any atom is 0.0244 e. The summed E-state index contributed by atoms with van der Waals surface area (Å²) in [7, 11) is 0. The zero-order chi connectivity index (χ0) is 17.9. The molecule has 3 rings (SSSR count). The Kier molecular flexibility index (Phi) is 5.24. The van der Waals surface area contributed by atoms with Crippen molar-refractivity contribution >= 4 is 10.8 Å². The van der Waals surface area contributed by atoms with Gasteiger partial charge in [-0.15, -0.1) is 0 Å². The van der Waals surface area contributed by atoms with Crippen molar-refractivity contribution in [1.82, 2.24) is 4.90 Å². The SMILES string of the molecule is CCN(Cc1ccc(Cc2ccccc2)c2ccccc12)C(C)(C)C. The average molecular weight is 332 g/mol. The van der Waals surface area contributed by atoms with Crippen LogP contribution < -0.4 is 0 Å². The normalized spacial score (nSPS) is 12.0. The number of nitrogens with zero attached hydrogens (tertiary/aromatic N) is 1. The predicted octanol–water partition coefficient (Wildman–Crippen LogP) is 6.05. The lowest BCUT2D eigenvalue weighted by Crippen LogP contribution is -2.40. The lowest BCUT2D eigenvalue weighted by molar-refractivity contribution is 0.136. The number of rotatable bonds is 5. The fraction of sp³-hybridized carbons (Fsp3) is 0.333. The highest BCUT2D eigenvalue weighted by Crippen LogP contribution is 2.27. The quantitative estimate of drug-likeness (QED) is 0.550. The monoisotopic (exact) mass is 331 g/mol. The van der Waals surface area contributed by atoms with Gasteiger partial charge < -0.3 is 0 Å². The van der Waals surface area contributed by atoms with Gasteiger partial charge in [-0.2, -0.15) is 0 Å². The highest BCUT2D eigenvalue weighted by atomic mass is 15.2. The molecule has 0 aliphatic carbocycles. The largest absolute Gasteiger partial charge is 0.294 e. The van der Waals surface area contributed by atoms with Crippen molar-refractivity contribution in [2.75, 3.05) is 6.54 Å². The molecule has 0 spiro atoms.